The van der Waals surface area contributed by atoms with Crippen LogP contribution < -0.4 is 0 Å². The van der Waals surface area contributed by atoms with Crippen LogP contribution in [0, 0.1) is 6.92 Å². The molecular weight excluding hydrogens is 302 g/mol. The molecule has 1 aromatic carbocycles. The minimum Gasteiger partial charge on any atom is -0.480 e. The zero-order valence-corrected chi connectivity index (χ0v) is 11.5. The van der Waals surface area contributed by atoms with Gasteiger partial charge in [0.25, 0.3) is 0 Å². The lowest BCUT2D eigenvalue weighted by Crippen LogP contribution is -2.33. The molecule has 0 atom stereocenters. The smallest absolute Gasteiger partial charge is 0.317 e. The van der Waals surface area contributed by atoms with Crippen molar-refractivity contribution in [1.29, 1.82) is 0 Å². The summed E-state index contributed by atoms with van der Waals surface area (Å²) in [7, 11) is 0. The van der Waals surface area contributed by atoms with Gasteiger partial charge in [0.05, 0.1) is 13.1 Å². The molecule has 0 aliphatic heterocycles. The second-order valence-corrected chi connectivity index (χ2v) is 4.87. The topological polar surface area (TPSA) is 77.8 Å². The molecular formula is C12H14BrNO4. The van der Waals surface area contributed by atoms with Gasteiger partial charge in [0.1, 0.15) is 0 Å². The van der Waals surface area contributed by atoms with E-state index in [0.29, 0.717) is 6.54 Å². The first-order valence-corrected chi connectivity index (χ1v) is 6.08. The summed E-state index contributed by atoms with van der Waals surface area (Å²) < 4.78 is 0.967. The fourth-order valence-electron chi connectivity index (χ4n) is 1.61. The highest BCUT2D eigenvalue weighted by Crippen LogP contribution is 2.18. The van der Waals surface area contributed by atoms with E-state index in [2.05, 4.69) is 15.9 Å². The summed E-state index contributed by atoms with van der Waals surface area (Å²) in [5.41, 5.74) is 1.91. The van der Waals surface area contributed by atoms with Crippen molar-refractivity contribution in [3.05, 3.63) is 33.8 Å². The molecule has 0 fully saturated rings. The lowest BCUT2D eigenvalue weighted by Gasteiger charge is -2.18. The van der Waals surface area contributed by atoms with Gasteiger partial charge in [-0.15, -0.1) is 0 Å². The van der Waals surface area contributed by atoms with Crippen molar-refractivity contribution in [2.24, 2.45) is 0 Å². The Labute approximate surface area is 113 Å². The highest BCUT2D eigenvalue weighted by molar-refractivity contribution is 9.10. The predicted octanol–water partition coefficient (Wildman–Crippen LogP) is 1.73. The number of halogens is 1. The third-order valence-corrected chi connectivity index (χ3v) is 3.24. The Kier molecular flexibility index (Phi) is 5.30. The number of carboxylic acid groups (broad SMARTS) is 2. The normalized spacial score (nSPS) is 10.6. The van der Waals surface area contributed by atoms with E-state index in [1.807, 2.05) is 25.1 Å². The van der Waals surface area contributed by atoms with Gasteiger partial charge >= 0.3 is 11.9 Å². The van der Waals surface area contributed by atoms with Gasteiger partial charge in [0, 0.05) is 11.0 Å². The summed E-state index contributed by atoms with van der Waals surface area (Å²) in [6.45, 7) is 1.64. The SMILES string of the molecule is Cc1cc(CN(CC(=O)O)CC(=O)O)ccc1Br. The first-order chi connectivity index (χ1) is 8.38. The van der Waals surface area contributed by atoms with Crippen molar-refractivity contribution >= 4 is 27.9 Å². The van der Waals surface area contributed by atoms with Crippen molar-refractivity contribution in [3.8, 4) is 0 Å². The molecule has 1 aromatic rings. The molecule has 0 spiro atoms. The van der Waals surface area contributed by atoms with E-state index < -0.39 is 11.9 Å². The minimum atomic E-state index is -1.04. The summed E-state index contributed by atoms with van der Waals surface area (Å²) >= 11 is 3.37. The van der Waals surface area contributed by atoms with Crippen LogP contribution in [0.1, 0.15) is 11.1 Å². The molecule has 0 amide bonds. The van der Waals surface area contributed by atoms with E-state index in [1.165, 1.54) is 4.90 Å². The minimum absolute atomic E-state index is 0.290. The third kappa shape index (κ3) is 4.85. The average molecular weight is 316 g/mol. The zero-order chi connectivity index (χ0) is 13.7. The van der Waals surface area contributed by atoms with Crippen molar-refractivity contribution < 1.29 is 19.8 Å². The first kappa shape index (κ1) is 14.7. The number of carboxylic acids is 2. The van der Waals surface area contributed by atoms with Gasteiger partial charge in [-0.25, -0.2) is 0 Å². The molecule has 1 rings (SSSR count). The fraction of sp³-hybridized carbons (Fsp3) is 0.333. The molecule has 0 unspecified atom stereocenters. The van der Waals surface area contributed by atoms with Crippen molar-refractivity contribution in [2.75, 3.05) is 13.1 Å². The molecule has 0 saturated carbocycles. The van der Waals surface area contributed by atoms with Crippen LogP contribution in [-0.2, 0) is 16.1 Å². The van der Waals surface area contributed by atoms with Gasteiger partial charge in [0.2, 0.25) is 0 Å². The van der Waals surface area contributed by atoms with Crippen LogP contribution in [0.2, 0.25) is 0 Å². The van der Waals surface area contributed by atoms with Gasteiger partial charge < -0.3 is 10.2 Å². The summed E-state index contributed by atoms with van der Waals surface area (Å²) in [5, 5.41) is 17.5. The van der Waals surface area contributed by atoms with Gasteiger partial charge in [-0.05, 0) is 24.1 Å². The molecule has 0 bridgehead atoms. The average Bonchev–Trinajstić information content (AvgIpc) is 2.21. The maximum Gasteiger partial charge on any atom is 0.317 e. The highest BCUT2D eigenvalue weighted by Gasteiger charge is 2.14. The molecule has 5 nitrogen and oxygen atoms in total. The Morgan fingerprint density at radius 2 is 1.78 bits per heavy atom. The molecule has 2 N–H and O–H groups in total. The van der Waals surface area contributed by atoms with Crippen LogP contribution in [-0.4, -0.2) is 40.1 Å². The number of aryl methyl sites for hydroxylation is 1. The monoisotopic (exact) mass is 315 g/mol. The van der Waals surface area contributed by atoms with Crippen LogP contribution in [0.3, 0.4) is 0 Å². The van der Waals surface area contributed by atoms with E-state index >= 15 is 0 Å². The summed E-state index contributed by atoms with van der Waals surface area (Å²) in [4.78, 5) is 22.7. The first-order valence-electron chi connectivity index (χ1n) is 5.29. The standard InChI is InChI=1S/C12H14BrNO4/c1-8-4-9(2-3-10(8)13)5-14(6-11(15)16)7-12(17)18/h2-4H,5-7H2,1H3,(H,15,16)(H,17,18). The maximum atomic E-state index is 10.7. The lowest BCUT2D eigenvalue weighted by molar-refractivity contribution is -0.142. The van der Waals surface area contributed by atoms with E-state index in [-0.39, 0.29) is 13.1 Å². The van der Waals surface area contributed by atoms with E-state index in [9.17, 15) is 9.59 Å². The van der Waals surface area contributed by atoms with Gasteiger partial charge in [-0.3, -0.25) is 14.5 Å². The van der Waals surface area contributed by atoms with Crippen LogP contribution in [0.5, 0.6) is 0 Å². The Balaban J connectivity index is 2.77. The van der Waals surface area contributed by atoms with Crippen LogP contribution >= 0.6 is 15.9 Å². The van der Waals surface area contributed by atoms with E-state index in [0.717, 1.165) is 15.6 Å². The Hall–Kier alpha value is -1.40. The molecule has 0 aromatic heterocycles. The second-order valence-electron chi connectivity index (χ2n) is 4.02. The maximum absolute atomic E-state index is 10.7. The largest absolute Gasteiger partial charge is 0.480 e. The Bertz CT molecular complexity index is 445. The van der Waals surface area contributed by atoms with Crippen molar-refractivity contribution in [2.45, 2.75) is 13.5 Å². The number of hydrogen-bond acceptors (Lipinski definition) is 3. The predicted molar refractivity (Wildman–Crippen MR) is 69.4 cm³/mol. The Morgan fingerprint density at radius 3 is 2.22 bits per heavy atom. The lowest BCUT2D eigenvalue weighted by atomic mass is 10.1. The molecule has 0 heterocycles. The second kappa shape index (κ2) is 6.51. The van der Waals surface area contributed by atoms with Crippen LogP contribution in [0.4, 0.5) is 0 Å². The molecule has 18 heavy (non-hydrogen) atoms. The highest BCUT2D eigenvalue weighted by atomic mass is 79.9. The van der Waals surface area contributed by atoms with Crippen molar-refractivity contribution in [3.63, 3.8) is 0 Å². The van der Waals surface area contributed by atoms with Gasteiger partial charge in [-0.2, -0.15) is 0 Å². The van der Waals surface area contributed by atoms with Crippen LogP contribution in [0.25, 0.3) is 0 Å². The number of benzene rings is 1. The molecule has 0 aliphatic carbocycles. The summed E-state index contributed by atoms with van der Waals surface area (Å²) in [6, 6.07) is 5.61. The number of carbonyl (C=O) groups is 2. The number of hydrogen-bond donors (Lipinski definition) is 2. The van der Waals surface area contributed by atoms with Gasteiger partial charge in [-0.1, -0.05) is 28.1 Å². The third-order valence-electron chi connectivity index (χ3n) is 2.35. The number of rotatable bonds is 6. The Morgan fingerprint density at radius 1 is 1.22 bits per heavy atom. The molecule has 0 saturated heterocycles. The quantitative estimate of drug-likeness (QED) is 0.836. The molecule has 98 valence electrons. The fourth-order valence-corrected chi connectivity index (χ4v) is 1.86. The summed E-state index contributed by atoms with van der Waals surface area (Å²) in [6.07, 6.45) is 0. The zero-order valence-electron chi connectivity index (χ0n) is 9.89. The molecule has 0 radical (unpaired) electrons. The molecule has 0 aliphatic rings. The van der Waals surface area contributed by atoms with E-state index in [4.69, 9.17) is 10.2 Å². The van der Waals surface area contributed by atoms with Gasteiger partial charge in [0.15, 0.2) is 0 Å². The summed E-state index contributed by atoms with van der Waals surface area (Å²) in [5.74, 6) is -2.07. The van der Waals surface area contributed by atoms with Crippen LogP contribution in [0.15, 0.2) is 22.7 Å². The molecule has 6 heteroatoms. The number of aliphatic carboxylic acids is 2. The van der Waals surface area contributed by atoms with Crippen molar-refractivity contribution in [1.82, 2.24) is 4.90 Å². The van der Waals surface area contributed by atoms with E-state index in [1.54, 1.807) is 0 Å². The number of nitrogens with zero attached hydrogens (tertiary/aromatic N) is 1.